The molecule has 1 aliphatic heterocycles. The Balaban J connectivity index is 2.12. The molecule has 1 fully saturated rings. The van der Waals surface area contributed by atoms with Crippen molar-refractivity contribution in [1.82, 2.24) is 0 Å². The van der Waals surface area contributed by atoms with Crippen LogP contribution in [0.4, 0.5) is 4.39 Å². The molecule has 1 saturated carbocycles. The Morgan fingerprint density at radius 3 is 2.71 bits per heavy atom. The predicted molar refractivity (Wildman–Crippen MR) is 61.8 cm³/mol. The molecule has 0 bridgehead atoms. The summed E-state index contributed by atoms with van der Waals surface area (Å²) < 4.78 is 24.3. The lowest BCUT2D eigenvalue weighted by Gasteiger charge is -2.39. The molecule has 0 spiro atoms. The molecule has 1 aromatic carbocycles. The van der Waals surface area contributed by atoms with Crippen LogP contribution in [0.25, 0.3) is 0 Å². The maximum absolute atomic E-state index is 13.5. The van der Waals surface area contributed by atoms with Gasteiger partial charge in [0.15, 0.2) is 11.5 Å². The topological polar surface area (TPSA) is 44.5 Å². The standard InChI is InChI=1S/C13H16FNO2/c1-8(14)9-5-10(13(15)3-2-4-13)12-11(6-9)16-7-17-12/h5-6,8H,2-4,7,15H2,1H3. The van der Waals surface area contributed by atoms with E-state index in [4.69, 9.17) is 15.2 Å². The minimum atomic E-state index is -1.02. The summed E-state index contributed by atoms with van der Waals surface area (Å²) in [7, 11) is 0. The third kappa shape index (κ3) is 1.59. The Hall–Kier alpha value is -1.29. The summed E-state index contributed by atoms with van der Waals surface area (Å²) >= 11 is 0. The van der Waals surface area contributed by atoms with Gasteiger partial charge in [0, 0.05) is 11.1 Å². The number of nitrogens with two attached hydrogens (primary N) is 1. The van der Waals surface area contributed by atoms with Crippen molar-refractivity contribution in [2.75, 3.05) is 6.79 Å². The summed E-state index contributed by atoms with van der Waals surface area (Å²) in [5.74, 6) is 1.33. The lowest BCUT2D eigenvalue weighted by Crippen LogP contribution is -2.43. The van der Waals surface area contributed by atoms with Gasteiger partial charge in [0.25, 0.3) is 0 Å². The van der Waals surface area contributed by atoms with Gasteiger partial charge < -0.3 is 15.2 Å². The summed E-state index contributed by atoms with van der Waals surface area (Å²) in [5, 5.41) is 0. The summed E-state index contributed by atoms with van der Waals surface area (Å²) in [6.45, 7) is 1.72. The minimum Gasteiger partial charge on any atom is -0.454 e. The number of ether oxygens (including phenoxy) is 2. The fourth-order valence-corrected chi connectivity index (χ4v) is 2.46. The molecule has 3 rings (SSSR count). The number of halogens is 1. The molecule has 0 aromatic heterocycles. The minimum absolute atomic E-state index is 0.197. The lowest BCUT2D eigenvalue weighted by molar-refractivity contribution is 0.168. The third-order valence-electron chi connectivity index (χ3n) is 3.74. The second-order valence-electron chi connectivity index (χ2n) is 4.93. The highest BCUT2D eigenvalue weighted by Crippen LogP contribution is 2.48. The fraction of sp³-hybridized carbons (Fsp3) is 0.538. The average molecular weight is 237 g/mol. The van der Waals surface area contributed by atoms with Crippen LogP contribution in [0.2, 0.25) is 0 Å². The molecule has 1 aromatic rings. The Labute approximate surface area is 99.7 Å². The van der Waals surface area contributed by atoms with Gasteiger partial charge >= 0.3 is 0 Å². The van der Waals surface area contributed by atoms with Crippen LogP contribution < -0.4 is 15.2 Å². The summed E-state index contributed by atoms with van der Waals surface area (Å²) in [4.78, 5) is 0. The van der Waals surface area contributed by atoms with Gasteiger partial charge in [-0.1, -0.05) is 0 Å². The molecule has 1 heterocycles. The summed E-state index contributed by atoms with van der Waals surface area (Å²) in [6, 6.07) is 3.54. The van der Waals surface area contributed by atoms with Gasteiger partial charge in [0.2, 0.25) is 6.79 Å². The van der Waals surface area contributed by atoms with Crippen molar-refractivity contribution >= 4 is 0 Å². The van der Waals surface area contributed by atoms with E-state index in [0.717, 1.165) is 24.8 Å². The largest absolute Gasteiger partial charge is 0.454 e. The van der Waals surface area contributed by atoms with Crippen LogP contribution in [-0.2, 0) is 5.54 Å². The van der Waals surface area contributed by atoms with Crippen LogP contribution in [0.5, 0.6) is 11.5 Å². The normalized spacial score (nSPS) is 22.1. The van der Waals surface area contributed by atoms with Gasteiger partial charge in [0.1, 0.15) is 6.17 Å². The first-order chi connectivity index (χ1) is 8.10. The Morgan fingerprint density at radius 1 is 1.35 bits per heavy atom. The molecule has 0 amide bonds. The van der Waals surface area contributed by atoms with Crippen molar-refractivity contribution in [1.29, 1.82) is 0 Å². The van der Waals surface area contributed by atoms with Crippen LogP contribution in [0.1, 0.15) is 43.5 Å². The second kappa shape index (κ2) is 3.60. The van der Waals surface area contributed by atoms with Gasteiger partial charge in [-0.3, -0.25) is 0 Å². The molecule has 92 valence electrons. The maximum Gasteiger partial charge on any atom is 0.231 e. The first-order valence-electron chi connectivity index (χ1n) is 5.97. The highest BCUT2D eigenvalue weighted by atomic mass is 19.1. The van der Waals surface area contributed by atoms with E-state index >= 15 is 0 Å². The number of hydrogen-bond acceptors (Lipinski definition) is 3. The molecule has 1 aliphatic carbocycles. The van der Waals surface area contributed by atoms with Crippen molar-refractivity contribution in [2.45, 2.75) is 37.9 Å². The van der Waals surface area contributed by atoms with Gasteiger partial charge in [0.05, 0.1) is 0 Å². The first-order valence-corrected chi connectivity index (χ1v) is 5.97. The zero-order valence-corrected chi connectivity index (χ0v) is 9.83. The molecule has 4 heteroatoms. The SMILES string of the molecule is CC(F)c1cc2c(c(C3(N)CCC3)c1)OCO2. The van der Waals surface area contributed by atoms with Crippen molar-refractivity contribution in [3.8, 4) is 11.5 Å². The van der Waals surface area contributed by atoms with Crippen LogP contribution in [0, 0.1) is 0 Å². The van der Waals surface area contributed by atoms with Gasteiger partial charge in [-0.25, -0.2) is 4.39 Å². The Morgan fingerprint density at radius 2 is 2.12 bits per heavy atom. The fourth-order valence-electron chi connectivity index (χ4n) is 2.46. The summed E-state index contributed by atoms with van der Waals surface area (Å²) in [5.41, 5.74) is 7.46. The zero-order valence-electron chi connectivity index (χ0n) is 9.83. The summed E-state index contributed by atoms with van der Waals surface area (Å²) in [6.07, 6.45) is 1.94. The number of alkyl halides is 1. The van der Waals surface area contributed by atoms with E-state index in [0.29, 0.717) is 17.1 Å². The second-order valence-corrected chi connectivity index (χ2v) is 4.93. The molecule has 1 unspecified atom stereocenters. The van der Waals surface area contributed by atoms with E-state index in [1.807, 2.05) is 6.07 Å². The van der Waals surface area contributed by atoms with Crippen LogP contribution in [-0.4, -0.2) is 6.79 Å². The highest BCUT2D eigenvalue weighted by Gasteiger charge is 2.39. The van der Waals surface area contributed by atoms with Crippen molar-refractivity contribution in [3.63, 3.8) is 0 Å². The number of rotatable bonds is 2. The average Bonchev–Trinajstić information content (AvgIpc) is 2.72. The van der Waals surface area contributed by atoms with Crippen LogP contribution >= 0.6 is 0 Å². The molecular formula is C13H16FNO2. The Kier molecular flexibility index (Phi) is 2.30. The lowest BCUT2D eigenvalue weighted by atomic mass is 9.72. The number of benzene rings is 1. The van der Waals surface area contributed by atoms with Crippen LogP contribution in [0.3, 0.4) is 0 Å². The van der Waals surface area contributed by atoms with E-state index in [9.17, 15) is 4.39 Å². The van der Waals surface area contributed by atoms with Gasteiger partial charge in [-0.15, -0.1) is 0 Å². The van der Waals surface area contributed by atoms with Crippen molar-refractivity contribution in [2.24, 2.45) is 5.73 Å². The van der Waals surface area contributed by atoms with E-state index in [1.165, 1.54) is 6.92 Å². The third-order valence-corrected chi connectivity index (χ3v) is 3.74. The first kappa shape index (κ1) is 10.8. The van der Waals surface area contributed by atoms with Gasteiger partial charge in [-0.2, -0.15) is 0 Å². The molecule has 2 N–H and O–H groups in total. The van der Waals surface area contributed by atoms with E-state index < -0.39 is 6.17 Å². The van der Waals surface area contributed by atoms with Crippen LogP contribution in [0.15, 0.2) is 12.1 Å². The van der Waals surface area contributed by atoms with E-state index in [-0.39, 0.29) is 12.3 Å². The highest BCUT2D eigenvalue weighted by molar-refractivity contribution is 5.54. The van der Waals surface area contributed by atoms with Crippen molar-refractivity contribution < 1.29 is 13.9 Å². The van der Waals surface area contributed by atoms with Crippen molar-refractivity contribution in [3.05, 3.63) is 23.3 Å². The molecule has 17 heavy (non-hydrogen) atoms. The van der Waals surface area contributed by atoms with E-state index in [1.54, 1.807) is 6.07 Å². The number of hydrogen-bond donors (Lipinski definition) is 1. The molecule has 0 radical (unpaired) electrons. The molecule has 3 nitrogen and oxygen atoms in total. The Bertz CT molecular complexity index is 455. The van der Waals surface area contributed by atoms with E-state index in [2.05, 4.69) is 0 Å². The molecule has 1 atom stereocenters. The molecule has 0 saturated heterocycles. The van der Waals surface area contributed by atoms with Gasteiger partial charge in [-0.05, 0) is 43.9 Å². The smallest absolute Gasteiger partial charge is 0.231 e. The zero-order chi connectivity index (χ0) is 12.0. The molecular weight excluding hydrogens is 221 g/mol. The molecule has 2 aliphatic rings. The monoisotopic (exact) mass is 237 g/mol. The quantitative estimate of drug-likeness (QED) is 0.860. The number of fused-ring (bicyclic) bond motifs is 1. The maximum atomic E-state index is 13.5. The predicted octanol–water partition coefficient (Wildman–Crippen LogP) is 2.78.